The number of hydrogen-bond acceptors (Lipinski definition) is 5. The molecular formula is C11H20N4OS. The highest BCUT2D eigenvalue weighted by molar-refractivity contribution is 7.84. The minimum Gasteiger partial charge on any atom is -0.369 e. The molecule has 0 fully saturated rings. The van der Waals surface area contributed by atoms with Gasteiger partial charge in [-0.3, -0.25) is 9.19 Å². The maximum atomic E-state index is 11.2. The van der Waals surface area contributed by atoms with Gasteiger partial charge in [-0.1, -0.05) is 6.92 Å². The first-order valence-electron chi connectivity index (χ1n) is 5.75. The zero-order chi connectivity index (χ0) is 12.7. The van der Waals surface area contributed by atoms with E-state index in [1.807, 2.05) is 6.92 Å². The number of hydrogen-bond donors (Lipinski definition) is 2. The lowest BCUT2D eigenvalue weighted by molar-refractivity contribution is 0.678. The van der Waals surface area contributed by atoms with Crippen LogP contribution in [0.25, 0.3) is 0 Å². The van der Waals surface area contributed by atoms with Gasteiger partial charge in [-0.15, -0.1) is 0 Å². The van der Waals surface area contributed by atoms with Gasteiger partial charge in [-0.05, 0) is 13.3 Å². The maximum Gasteiger partial charge on any atom is 0.147 e. The van der Waals surface area contributed by atoms with Crippen molar-refractivity contribution in [3.05, 3.63) is 12.4 Å². The predicted octanol–water partition coefficient (Wildman–Crippen LogP) is 1.48. The summed E-state index contributed by atoms with van der Waals surface area (Å²) in [4.78, 5) is 8.45. The van der Waals surface area contributed by atoms with Gasteiger partial charge in [0.1, 0.15) is 11.6 Å². The quantitative estimate of drug-likeness (QED) is 0.773. The van der Waals surface area contributed by atoms with Crippen LogP contribution in [0.3, 0.4) is 0 Å². The molecule has 2 N–H and O–H groups in total. The van der Waals surface area contributed by atoms with Gasteiger partial charge in [0.2, 0.25) is 0 Å². The molecule has 2 unspecified atom stereocenters. The Morgan fingerprint density at radius 1 is 1.35 bits per heavy atom. The first-order valence-corrected chi connectivity index (χ1v) is 7.37. The van der Waals surface area contributed by atoms with Crippen molar-refractivity contribution in [1.82, 2.24) is 9.97 Å². The minimum absolute atomic E-state index is 0.101. The molecule has 0 spiro atoms. The van der Waals surface area contributed by atoms with Crippen LogP contribution < -0.4 is 10.6 Å². The summed E-state index contributed by atoms with van der Waals surface area (Å²) in [5.41, 5.74) is 0. The van der Waals surface area contributed by atoms with Crippen molar-refractivity contribution in [3.8, 4) is 0 Å². The average molecular weight is 256 g/mol. The van der Waals surface area contributed by atoms with Gasteiger partial charge in [0.25, 0.3) is 0 Å². The Kier molecular flexibility index (Phi) is 5.90. The topological polar surface area (TPSA) is 66.9 Å². The SMILES string of the molecule is CCCNc1cncc(NCC(C)S(C)=O)n1. The Bertz CT molecular complexity index is 372. The summed E-state index contributed by atoms with van der Waals surface area (Å²) in [5.74, 6) is 1.48. The van der Waals surface area contributed by atoms with Crippen molar-refractivity contribution < 1.29 is 4.21 Å². The second kappa shape index (κ2) is 7.21. The van der Waals surface area contributed by atoms with Crippen LogP contribution in [-0.2, 0) is 10.8 Å². The standard InChI is InChI=1S/C11H20N4OS/c1-4-5-13-10-7-12-8-11(15-10)14-6-9(2)17(3)16/h7-9H,4-6H2,1-3H3,(H2,13,14,15). The van der Waals surface area contributed by atoms with E-state index in [-0.39, 0.29) is 5.25 Å². The molecule has 0 aromatic carbocycles. The summed E-state index contributed by atoms with van der Waals surface area (Å²) >= 11 is 0. The van der Waals surface area contributed by atoms with E-state index in [4.69, 9.17) is 0 Å². The van der Waals surface area contributed by atoms with Crippen molar-refractivity contribution in [1.29, 1.82) is 0 Å². The molecule has 0 aliphatic rings. The number of nitrogens with zero attached hydrogens (tertiary/aromatic N) is 2. The molecule has 96 valence electrons. The van der Waals surface area contributed by atoms with Gasteiger partial charge in [0.15, 0.2) is 0 Å². The second-order valence-electron chi connectivity index (χ2n) is 3.91. The van der Waals surface area contributed by atoms with Crippen LogP contribution in [0.15, 0.2) is 12.4 Å². The number of rotatable bonds is 7. The van der Waals surface area contributed by atoms with E-state index in [1.165, 1.54) is 0 Å². The Hall–Kier alpha value is -1.17. The van der Waals surface area contributed by atoms with Crippen LogP contribution in [0.1, 0.15) is 20.3 Å². The van der Waals surface area contributed by atoms with Crippen molar-refractivity contribution in [2.45, 2.75) is 25.5 Å². The molecule has 1 aromatic heterocycles. The summed E-state index contributed by atoms with van der Waals surface area (Å²) in [7, 11) is -0.820. The first kappa shape index (κ1) is 13.9. The predicted molar refractivity (Wildman–Crippen MR) is 72.8 cm³/mol. The lowest BCUT2D eigenvalue weighted by Crippen LogP contribution is -2.21. The fraction of sp³-hybridized carbons (Fsp3) is 0.636. The lowest BCUT2D eigenvalue weighted by Gasteiger charge is -2.11. The van der Waals surface area contributed by atoms with Crippen molar-refractivity contribution >= 4 is 22.4 Å². The minimum atomic E-state index is -0.820. The van der Waals surface area contributed by atoms with Gasteiger partial charge < -0.3 is 10.6 Å². The summed E-state index contributed by atoms with van der Waals surface area (Å²) in [5, 5.41) is 6.41. The molecule has 1 rings (SSSR count). The fourth-order valence-electron chi connectivity index (χ4n) is 1.16. The highest BCUT2D eigenvalue weighted by Crippen LogP contribution is 2.07. The van der Waals surface area contributed by atoms with E-state index in [9.17, 15) is 4.21 Å². The molecule has 0 aliphatic heterocycles. The molecule has 1 aromatic rings. The highest BCUT2D eigenvalue weighted by Gasteiger charge is 2.06. The molecular weight excluding hydrogens is 236 g/mol. The summed E-state index contributed by atoms with van der Waals surface area (Å²) in [6.07, 6.45) is 6.12. The monoisotopic (exact) mass is 256 g/mol. The number of aromatic nitrogens is 2. The van der Waals surface area contributed by atoms with Crippen LogP contribution in [0.2, 0.25) is 0 Å². The molecule has 0 saturated heterocycles. The summed E-state index contributed by atoms with van der Waals surface area (Å²) < 4.78 is 11.2. The van der Waals surface area contributed by atoms with Crippen LogP contribution in [-0.4, -0.2) is 38.8 Å². The van der Waals surface area contributed by atoms with E-state index in [0.717, 1.165) is 18.8 Å². The molecule has 0 saturated carbocycles. The third-order valence-electron chi connectivity index (χ3n) is 2.33. The fourth-order valence-corrected chi connectivity index (χ4v) is 1.47. The summed E-state index contributed by atoms with van der Waals surface area (Å²) in [6.45, 7) is 5.55. The average Bonchev–Trinajstić information content (AvgIpc) is 2.33. The Morgan fingerprint density at radius 2 is 2.00 bits per heavy atom. The molecule has 1 heterocycles. The van der Waals surface area contributed by atoms with Crippen molar-refractivity contribution in [2.75, 3.05) is 30.0 Å². The van der Waals surface area contributed by atoms with Gasteiger partial charge in [-0.2, -0.15) is 0 Å². The molecule has 0 amide bonds. The van der Waals surface area contributed by atoms with Gasteiger partial charge in [-0.25, -0.2) is 4.98 Å². The lowest BCUT2D eigenvalue weighted by atomic mass is 10.4. The molecule has 6 heteroatoms. The number of anilines is 2. The Morgan fingerprint density at radius 3 is 2.59 bits per heavy atom. The molecule has 17 heavy (non-hydrogen) atoms. The van der Waals surface area contributed by atoms with E-state index >= 15 is 0 Å². The van der Waals surface area contributed by atoms with Gasteiger partial charge >= 0.3 is 0 Å². The van der Waals surface area contributed by atoms with Crippen LogP contribution in [0.5, 0.6) is 0 Å². The molecule has 0 bridgehead atoms. The zero-order valence-corrected chi connectivity index (χ0v) is 11.4. The number of nitrogens with one attached hydrogen (secondary N) is 2. The highest BCUT2D eigenvalue weighted by atomic mass is 32.2. The largest absolute Gasteiger partial charge is 0.369 e. The molecule has 2 atom stereocenters. The van der Waals surface area contributed by atoms with Crippen LogP contribution >= 0.6 is 0 Å². The smallest absolute Gasteiger partial charge is 0.147 e. The Labute approximate surface area is 105 Å². The van der Waals surface area contributed by atoms with E-state index < -0.39 is 10.8 Å². The molecule has 0 aliphatic carbocycles. The first-order chi connectivity index (χ1) is 8.13. The zero-order valence-electron chi connectivity index (χ0n) is 10.6. The van der Waals surface area contributed by atoms with E-state index in [1.54, 1.807) is 18.6 Å². The van der Waals surface area contributed by atoms with E-state index in [2.05, 4.69) is 27.5 Å². The Balaban J connectivity index is 2.50. The van der Waals surface area contributed by atoms with E-state index in [0.29, 0.717) is 12.4 Å². The third-order valence-corrected chi connectivity index (χ3v) is 3.63. The van der Waals surface area contributed by atoms with Gasteiger partial charge in [0.05, 0.1) is 12.4 Å². The van der Waals surface area contributed by atoms with Gasteiger partial charge in [0, 0.05) is 35.4 Å². The third kappa shape index (κ3) is 5.12. The second-order valence-corrected chi connectivity index (χ2v) is 5.71. The molecule has 5 nitrogen and oxygen atoms in total. The normalized spacial score (nSPS) is 14.1. The molecule has 0 radical (unpaired) electrons. The van der Waals surface area contributed by atoms with Crippen molar-refractivity contribution in [3.63, 3.8) is 0 Å². The van der Waals surface area contributed by atoms with Crippen molar-refractivity contribution in [2.24, 2.45) is 0 Å². The van der Waals surface area contributed by atoms with Crippen LogP contribution in [0, 0.1) is 0 Å². The summed E-state index contributed by atoms with van der Waals surface area (Å²) in [6, 6.07) is 0. The maximum absolute atomic E-state index is 11.2. The van der Waals surface area contributed by atoms with Crippen LogP contribution in [0.4, 0.5) is 11.6 Å².